The van der Waals surface area contributed by atoms with Gasteiger partial charge in [-0.05, 0) is 38.1 Å². The minimum atomic E-state index is -0.433. The van der Waals surface area contributed by atoms with Crippen molar-refractivity contribution < 1.29 is 9.13 Å². The highest BCUT2D eigenvalue weighted by Gasteiger charge is 2.16. The molecule has 0 spiro atoms. The molecule has 1 aliphatic heterocycles. The van der Waals surface area contributed by atoms with E-state index in [0.717, 1.165) is 25.9 Å². The summed E-state index contributed by atoms with van der Waals surface area (Å²) in [7, 11) is 0. The second kappa shape index (κ2) is 6.58. The monoisotopic (exact) mass is 300 g/mol. The van der Waals surface area contributed by atoms with Gasteiger partial charge in [-0.2, -0.15) is 5.26 Å². The van der Waals surface area contributed by atoms with Crippen LogP contribution in [0, 0.1) is 17.1 Å². The second-order valence-corrected chi connectivity index (χ2v) is 5.32. The molecule has 1 aromatic carbocycles. The summed E-state index contributed by atoms with van der Waals surface area (Å²) in [6.07, 6.45) is 4.00. The molecular weight excluding hydrogens is 283 g/mol. The molecule has 0 saturated carbocycles. The Morgan fingerprint density at radius 3 is 2.91 bits per heavy atom. The second-order valence-electron chi connectivity index (χ2n) is 5.32. The summed E-state index contributed by atoms with van der Waals surface area (Å²) in [6, 6.07) is 8.46. The number of halogens is 1. The van der Waals surface area contributed by atoms with Gasteiger partial charge < -0.3 is 10.1 Å². The predicted octanol–water partition coefficient (Wildman–Crippen LogP) is 2.40. The maximum Gasteiger partial charge on any atom is 0.233 e. The fourth-order valence-electron chi connectivity index (χ4n) is 2.56. The minimum absolute atomic E-state index is 0.0980. The summed E-state index contributed by atoms with van der Waals surface area (Å²) >= 11 is 0. The molecule has 1 N–H and O–H groups in total. The standard InChI is InChI=1S/C16H17FN4O/c17-15-9-12(10-18)1-2-13(15)11-22-16-5-8-21(20-16)14-3-6-19-7-4-14/h1-2,5,8-9,14,19H,3-4,6-7,11H2. The van der Waals surface area contributed by atoms with E-state index in [4.69, 9.17) is 10.00 Å². The highest BCUT2D eigenvalue weighted by Crippen LogP contribution is 2.20. The number of hydrogen-bond donors (Lipinski definition) is 1. The van der Waals surface area contributed by atoms with Crippen molar-refractivity contribution in [2.75, 3.05) is 13.1 Å². The van der Waals surface area contributed by atoms with Gasteiger partial charge in [-0.1, -0.05) is 6.07 Å². The lowest BCUT2D eigenvalue weighted by Gasteiger charge is -2.22. The van der Waals surface area contributed by atoms with Crippen LogP contribution >= 0.6 is 0 Å². The van der Waals surface area contributed by atoms with Crippen LogP contribution in [0.2, 0.25) is 0 Å². The van der Waals surface area contributed by atoms with Gasteiger partial charge in [0.1, 0.15) is 12.4 Å². The van der Waals surface area contributed by atoms with E-state index in [1.807, 2.05) is 16.9 Å². The zero-order valence-corrected chi connectivity index (χ0v) is 12.1. The van der Waals surface area contributed by atoms with Crippen molar-refractivity contribution in [1.29, 1.82) is 5.26 Å². The van der Waals surface area contributed by atoms with Crippen molar-refractivity contribution in [1.82, 2.24) is 15.1 Å². The molecule has 1 fully saturated rings. The highest BCUT2D eigenvalue weighted by atomic mass is 19.1. The molecule has 0 amide bonds. The summed E-state index contributed by atoms with van der Waals surface area (Å²) in [5.41, 5.74) is 0.715. The molecule has 114 valence electrons. The molecule has 2 aromatic rings. The Bertz CT molecular complexity index is 686. The third kappa shape index (κ3) is 3.26. The van der Waals surface area contributed by atoms with Gasteiger partial charge in [0.05, 0.1) is 17.7 Å². The Morgan fingerprint density at radius 1 is 1.36 bits per heavy atom. The molecule has 0 aliphatic carbocycles. The molecule has 5 nitrogen and oxygen atoms in total. The van der Waals surface area contributed by atoms with Gasteiger partial charge in [-0.25, -0.2) is 4.39 Å². The smallest absolute Gasteiger partial charge is 0.233 e. The first-order valence-electron chi connectivity index (χ1n) is 7.33. The van der Waals surface area contributed by atoms with Crippen molar-refractivity contribution in [3.8, 4) is 11.9 Å². The number of nitrogens with zero attached hydrogens (tertiary/aromatic N) is 3. The molecule has 1 aliphatic rings. The van der Waals surface area contributed by atoms with Gasteiger partial charge in [0.15, 0.2) is 0 Å². The van der Waals surface area contributed by atoms with Crippen molar-refractivity contribution >= 4 is 0 Å². The Balaban J connectivity index is 1.62. The molecular formula is C16H17FN4O. The van der Waals surface area contributed by atoms with Gasteiger partial charge >= 0.3 is 0 Å². The average Bonchev–Trinajstić information content (AvgIpc) is 3.03. The van der Waals surface area contributed by atoms with Crippen LogP contribution in [0.25, 0.3) is 0 Å². The van der Waals surface area contributed by atoms with Gasteiger partial charge in [0.2, 0.25) is 5.88 Å². The molecule has 6 heteroatoms. The molecule has 2 heterocycles. The fraction of sp³-hybridized carbons (Fsp3) is 0.375. The van der Waals surface area contributed by atoms with Crippen LogP contribution < -0.4 is 10.1 Å². The quantitative estimate of drug-likeness (QED) is 0.942. The third-order valence-electron chi connectivity index (χ3n) is 3.82. The van der Waals surface area contributed by atoms with E-state index in [9.17, 15) is 4.39 Å². The molecule has 1 aromatic heterocycles. The number of rotatable bonds is 4. The number of piperidine rings is 1. The maximum absolute atomic E-state index is 13.8. The van der Waals surface area contributed by atoms with Crippen LogP contribution in [-0.4, -0.2) is 22.9 Å². The zero-order chi connectivity index (χ0) is 15.4. The van der Waals surface area contributed by atoms with E-state index >= 15 is 0 Å². The van der Waals surface area contributed by atoms with E-state index in [1.165, 1.54) is 6.07 Å². The third-order valence-corrected chi connectivity index (χ3v) is 3.82. The molecule has 0 radical (unpaired) electrons. The molecule has 0 atom stereocenters. The molecule has 0 bridgehead atoms. The summed E-state index contributed by atoms with van der Waals surface area (Å²) < 4.78 is 21.2. The van der Waals surface area contributed by atoms with Crippen molar-refractivity contribution in [2.45, 2.75) is 25.5 Å². The number of aromatic nitrogens is 2. The van der Waals surface area contributed by atoms with Crippen LogP contribution in [0.1, 0.15) is 30.0 Å². The maximum atomic E-state index is 13.8. The van der Waals surface area contributed by atoms with Crippen LogP contribution in [-0.2, 0) is 6.61 Å². The Morgan fingerprint density at radius 2 is 2.18 bits per heavy atom. The van der Waals surface area contributed by atoms with Crippen molar-refractivity contribution in [3.63, 3.8) is 0 Å². The lowest BCUT2D eigenvalue weighted by molar-refractivity contribution is 0.274. The fourth-order valence-corrected chi connectivity index (χ4v) is 2.56. The molecule has 22 heavy (non-hydrogen) atoms. The van der Waals surface area contributed by atoms with Gasteiger partial charge in [-0.15, -0.1) is 5.10 Å². The lowest BCUT2D eigenvalue weighted by Crippen LogP contribution is -2.29. The largest absolute Gasteiger partial charge is 0.472 e. The zero-order valence-electron chi connectivity index (χ0n) is 12.1. The molecule has 3 rings (SSSR count). The topological polar surface area (TPSA) is 62.9 Å². The normalized spacial score (nSPS) is 15.5. The summed E-state index contributed by atoms with van der Waals surface area (Å²) in [5.74, 6) is 0.0547. The van der Waals surface area contributed by atoms with Crippen LogP contribution in [0.4, 0.5) is 4.39 Å². The van der Waals surface area contributed by atoms with Crippen molar-refractivity contribution in [3.05, 3.63) is 47.4 Å². The van der Waals surface area contributed by atoms with Crippen LogP contribution in [0.5, 0.6) is 5.88 Å². The van der Waals surface area contributed by atoms with E-state index in [0.29, 0.717) is 23.0 Å². The summed E-state index contributed by atoms with van der Waals surface area (Å²) in [6.45, 7) is 2.09. The van der Waals surface area contributed by atoms with Crippen molar-refractivity contribution in [2.24, 2.45) is 0 Å². The van der Waals surface area contributed by atoms with Gasteiger partial charge in [-0.3, -0.25) is 4.68 Å². The summed E-state index contributed by atoms with van der Waals surface area (Å²) in [5, 5.41) is 16.4. The minimum Gasteiger partial charge on any atom is -0.472 e. The van der Waals surface area contributed by atoms with Crippen LogP contribution in [0.15, 0.2) is 30.5 Å². The van der Waals surface area contributed by atoms with E-state index in [-0.39, 0.29) is 6.61 Å². The van der Waals surface area contributed by atoms with E-state index in [2.05, 4.69) is 10.4 Å². The summed E-state index contributed by atoms with van der Waals surface area (Å²) in [4.78, 5) is 0. The van der Waals surface area contributed by atoms with Gasteiger partial charge in [0, 0.05) is 17.8 Å². The Kier molecular flexibility index (Phi) is 4.35. The predicted molar refractivity (Wildman–Crippen MR) is 78.8 cm³/mol. The highest BCUT2D eigenvalue weighted by molar-refractivity contribution is 5.32. The number of ether oxygens (including phenoxy) is 1. The van der Waals surface area contributed by atoms with E-state index in [1.54, 1.807) is 18.2 Å². The first kappa shape index (κ1) is 14.5. The molecule has 0 unspecified atom stereocenters. The van der Waals surface area contributed by atoms with Gasteiger partial charge in [0.25, 0.3) is 0 Å². The molecule has 1 saturated heterocycles. The number of nitriles is 1. The van der Waals surface area contributed by atoms with E-state index < -0.39 is 5.82 Å². The number of hydrogen-bond acceptors (Lipinski definition) is 4. The van der Waals surface area contributed by atoms with Crippen LogP contribution in [0.3, 0.4) is 0 Å². The Labute approximate surface area is 128 Å². The average molecular weight is 300 g/mol. The first-order valence-corrected chi connectivity index (χ1v) is 7.33. The SMILES string of the molecule is N#Cc1ccc(COc2ccn(C3CCNCC3)n2)c(F)c1. The number of benzene rings is 1. The lowest BCUT2D eigenvalue weighted by atomic mass is 10.1. The number of nitrogens with one attached hydrogen (secondary N) is 1. The Hall–Kier alpha value is -2.39. The first-order chi connectivity index (χ1) is 10.8.